The van der Waals surface area contributed by atoms with Gasteiger partial charge in [-0.15, -0.1) is 0 Å². The number of rotatable bonds is 6. The van der Waals surface area contributed by atoms with Crippen LogP contribution in [0.2, 0.25) is 0 Å². The number of aryl methyl sites for hydroxylation is 2. The molecular weight excluding hydrogens is 827 g/mol. The van der Waals surface area contributed by atoms with E-state index in [9.17, 15) is 0 Å². The fourth-order valence-corrected chi connectivity index (χ4v) is 11.4. The van der Waals surface area contributed by atoms with Gasteiger partial charge in [0.05, 0.1) is 33.2 Å². The Kier molecular flexibility index (Phi) is 8.84. The third-order valence-electron chi connectivity index (χ3n) is 14.5. The molecule has 9 aromatic carbocycles. The molecule has 0 amide bonds. The van der Waals surface area contributed by atoms with Gasteiger partial charge in [-0.2, -0.15) is 0 Å². The molecule has 68 heavy (non-hydrogen) atoms. The van der Waals surface area contributed by atoms with E-state index in [2.05, 4.69) is 232 Å². The highest BCUT2D eigenvalue weighted by molar-refractivity contribution is 6.17. The number of hydrogen-bond acceptors (Lipinski definition) is 2. The Bertz CT molecular complexity index is 4010. The van der Waals surface area contributed by atoms with Gasteiger partial charge in [0, 0.05) is 38.5 Å². The molecule has 3 heterocycles. The van der Waals surface area contributed by atoms with E-state index in [1.165, 1.54) is 71.1 Å². The van der Waals surface area contributed by atoms with Crippen molar-refractivity contribution in [3.05, 3.63) is 239 Å². The minimum Gasteiger partial charge on any atom is -0.309 e. The predicted octanol–water partition coefficient (Wildman–Crippen LogP) is 13.2. The van der Waals surface area contributed by atoms with Gasteiger partial charge >= 0.3 is 5.84 Å². The van der Waals surface area contributed by atoms with E-state index in [-0.39, 0.29) is 6.17 Å². The molecule has 11 aromatic rings. The maximum Gasteiger partial charge on any atom is 0.328 e. The van der Waals surface area contributed by atoms with Crippen LogP contribution < -0.4 is 10.3 Å². The fraction of sp³-hybridized carbons (Fsp3) is 0.0794. The van der Waals surface area contributed by atoms with Crippen LogP contribution in [0.1, 0.15) is 58.0 Å². The summed E-state index contributed by atoms with van der Waals surface area (Å²) < 4.78 is 4.93. The van der Waals surface area contributed by atoms with Crippen molar-refractivity contribution in [2.45, 2.75) is 31.8 Å². The molecule has 1 aliphatic heterocycles. The van der Waals surface area contributed by atoms with E-state index >= 15 is 0 Å². The molecule has 0 fully saturated rings. The number of allylic oxidation sites excluding steroid dienone is 2. The number of benzene rings is 9. The standard InChI is InChI=1S/C63H45N5/c1-2-16-40(17-3-1)48-26-10-11-28-51(48)62-64-61(65-63(66-62)52-30-15-22-41-18-6-8-25-49(41)52)45-23-14-24-46(36-45)68-57-35-33-47(39-55(57)54-37-43-20-4-5-21-44(43)38-59(54)68)67-56-31-13-12-29-53(56)60-50-27-9-7-19-42(50)32-34-58(60)67/h1-5,8-17,20-39,61H,6-7,18-19H2,(H,64,65,66)/p+1. The molecule has 14 rings (SSSR count). The molecule has 0 saturated carbocycles. The monoisotopic (exact) mass is 872 g/mol. The van der Waals surface area contributed by atoms with Crippen LogP contribution >= 0.6 is 0 Å². The van der Waals surface area contributed by atoms with E-state index in [1.807, 2.05) is 0 Å². The summed E-state index contributed by atoms with van der Waals surface area (Å²) in [6, 6.07) is 69.1. The van der Waals surface area contributed by atoms with Crippen LogP contribution in [0.3, 0.4) is 0 Å². The topological polar surface area (TPSA) is 48.2 Å². The summed E-state index contributed by atoms with van der Waals surface area (Å²) in [5, 5.41) is 11.4. The second kappa shape index (κ2) is 15.5. The minimum absolute atomic E-state index is 0.277. The summed E-state index contributed by atoms with van der Waals surface area (Å²) in [6.07, 6.45) is 13.2. The number of aliphatic imine (C=N–C) groups is 1. The average molecular weight is 873 g/mol. The maximum atomic E-state index is 5.43. The van der Waals surface area contributed by atoms with Crippen molar-refractivity contribution in [3.8, 4) is 22.5 Å². The minimum atomic E-state index is -0.277. The van der Waals surface area contributed by atoms with Gasteiger partial charge in [0.15, 0.2) is 6.17 Å². The van der Waals surface area contributed by atoms with Crippen molar-refractivity contribution >= 4 is 78.2 Å². The third-order valence-corrected chi connectivity index (χ3v) is 14.5. The Labute approximate surface area is 394 Å². The highest BCUT2D eigenvalue weighted by Crippen LogP contribution is 2.41. The molecule has 1 unspecified atom stereocenters. The molecule has 3 aliphatic rings. The van der Waals surface area contributed by atoms with Gasteiger partial charge in [-0.05, 0) is 142 Å². The van der Waals surface area contributed by atoms with Crippen LogP contribution in [0.4, 0.5) is 0 Å². The zero-order chi connectivity index (χ0) is 44.7. The van der Waals surface area contributed by atoms with Crippen LogP contribution in [0.5, 0.6) is 0 Å². The van der Waals surface area contributed by atoms with Crippen LogP contribution in [-0.2, 0) is 12.8 Å². The first-order valence-electron chi connectivity index (χ1n) is 23.9. The van der Waals surface area contributed by atoms with Crippen LogP contribution in [-0.4, -0.2) is 20.8 Å². The molecule has 5 nitrogen and oxygen atoms in total. The summed E-state index contributed by atoms with van der Waals surface area (Å²) >= 11 is 0. The smallest absolute Gasteiger partial charge is 0.309 e. The van der Waals surface area contributed by atoms with Crippen molar-refractivity contribution in [2.75, 3.05) is 0 Å². The van der Waals surface area contributed by atoms with E-state index in [1.54, 1.807) is 0 Å². The maximum absolute atomic E-state index is 5.43. The molecule has 0 spiro atoms. The molecule has 0 saturated heterocycles. The van der Waals surface area contributed by atoms with Crippen LogP contribution in [0.25, 0.3) is 89.0 Å². The highest BCUT2D eigenvalue weighted by Gasteiger charge is 2.31. The number of nitrogens with zero attached hydrogens (tertiary/aromatic N) is 3. The van der Waals surface area contributed by atoms with Crippen molar-refractivity contribution in [3.63, 3.8) is 0 Å². The van der Waals surface area contributed by atoms with E-state index in [0.717, 1.165) is 82.1 Å². The summed E-state index contributed by atoms with van der Waals surface area (Å²) in [4.78, 5) is 9.34. The molecule has 322 valence electrons. The number of para-hydroxylation sites is 1. The van der Waals surface area contributed by atoms with Gasteiger partial charge in [-0.3, -0.25) is 0 Å². The molecule has 2 N–H and O–H groups in total. The molecular formula is C63H46N5+. The van der Waals surface area contributed by atoms with Crippen molar-refractivity contribution in [1.82, 2.24) is 14.5 Å². The number of aromatic nitrogens is 2. The van der Waals surface area contributed by atoms with E-state index in [0.29, 0.717) is 0 Å². The third kappa shape index (κ3) is 6.16. The second-order valence-corrected chi connectivity index (χ2v) is 18.4. The quantitative estimate of drug-likeness (QED) is 0.172. The normalized spacial score (nSPS) is 15.4. The van der Waals surface area contributed by atoms with Gasteiger partial charge in [0.1, 0.15) is 0 Å². The van der Waals surface area contributed by atoms with Crippen LogP contribution in [0, 0.1) is 0 Å². The molecule has 1 atom stereocenters. The molecule has 2 aromatic heterocycles. The van der Waals surface area contributed by atoms with Crippen molar-refractivity contribution < 1.29 is 4.99 Å². The largest absolute Gasteiger partial charge is 0.328 e. The summed E-state index contributed by atoms with van der Waals surface area (Å²) in [6.45, 7) is 0. The van der Waals surface area contributed by atoms with Gasteiger partial charge in [0.2, 0.25) is 0 Å². The van der Waals surface area contributed by atoms with Crippen LogP contribution in [0.15, 0.2) is 205 Å². The fourth-order valence-electron chi connectivity index (χ4n) is 11.4. The van der Waals surface area contributed by atoms with Gasteiger partial charge in [-0.25, -0.2) is 4.99 Å². The first kappa shape index (κ1) is 38.7. The zero-order valence-electron chi connectivity index (χ0n) is 37.5. The number of hydrogen-bond donors (Lipinski definition) is 2. The Balaban J connectivity index is 0.950. The Hall–Kier alpha value is -8.54. The number of nitrogens with one attached hydrogen (secondary N) is 2. The zero-order valence-corrected chi connectivity index (χ0v) is 37.5. The Morgan fingerprint density at radius 3 is 2.01 bits per heavy atom. The van der Waals surface area contributed by atoms with E-state index in [4.69, 9.17) is 4.99 Å². The Morgan fingerprint density at radius 1 is 0.471 bits per heavy atom. The first-order chi connectivity index (χ1) is 33.7. The second-order valence-electron chi connectivity index (χ2n) is 18.4. The van der Waals surface area contributed by atoms with Gasteiger partial charge < -0.3 is 14.5 Å². The lowest BCUT2D eigenvalue weighted by molar-refractivity contribution is -0.516. The number of fused-ring (bicyclic) bond motifs is 10. The molecule has 0 radical (unpaired) electrons. The van der Waals surface area contributed by atoms with Crippen molar-refractivity contribution in [2.24, 2.45) is 4.99 Å². The molecule has 2 aliphatic carbocycles. The summed E-state index contributed by atoms with van der Waals surface area (Å²) in [5.41, 5.74) is 18.0. The molecule has 0 bridgehead atoms. The highest BCUT2D eigenvalue weighted by atomic mass is 15.2. The predicted molar refractivity (Wildman–Crippen MR) is 283 cm³/mol. The lowest BCUT2D eigenvalue weighted by atomic mass is 9.92. The SMILES string of the molecule is C1=Cc2c(cccc2C2=[NH+]C(c3cccc(-n4c5ccc(-n6c7ccccc7c7c8c(ccc76)CCC=C8)cc5c5cc6ccccc6cc54)c3)NC(c3ccccc3-c3ccccc3)=N2)CC1. The summed E-state index contributed by atoms with van der Waals surface area (Å²) in [5.74, 6) is 1.70. The van der Waals surface area contributed by atoms with Gasteiger partial charge in [-0.1, -0.05) is 146 Å². The average Bonchev–Trinajstić information content (AvgIpc) is 3.92. The number of amidine groups is 2. The Morgan fingerprint density at radius 2 is 1.13 bits per heavy atom. The lowest BCUT2D eigenvalue weighted by Crippen LogP contribution is -2.80. The van der Waals surface area contributed by atoms with Crippen molar-refractivity contribution in [1.29, 1.82) is 0 Å². The first-order valence-corrected chi connectivity index (χ1v) is 23.9. The summed E-state index contributed by atoms with van der Waals surface area (Å²) in [7, 11) is 0. The van der Waals surface area contributed by atoms with Gasteiger partial charge in [0.25, 0.3) is 5.84 Å². The lowest BCUT2D eigenvalue weighted by Gasteiger charge is -2.21. The van der Waals surface area contributed by atoms with E-state index < -0.39 is 0 Å². The molecule has 5 heteroatoms.